The first kappa shape index (κ1) is 16.1. The number of hydrogen-bond donors (Lipinski definition) is 1. The van der Waals surface area contributed by atoms with Gasteiger partial charge in [-0.1, -0.05) is 29.3 Å². The Balaban J connectivity index is 1.96. The second-order valence-electron chi connectivity index (χ2n) is 5.95. The summed E-state index contributed by atoms with van der Waals surface area (Å²) in [5, 5.41) is 4.53. The lowest BCUT2D eigenvalue weighted by molar-refractivity contribution is -0.148. The second kappa shape index (κ2) is 6.36. The minimum Gasteiger partial charge on any atom is -0.469 e. The monoisotopic (exact) mass is 343 g/mol. The molecule has 22 heavy (non-hydrogen) atoms. The molecule has 2 saturated heterocycles. The van der Waals surface area contributed by atoms with E-state index in [-0.39, 0.29) is 36.0 Å². The largest absolute Gasteiger partial charge is 0.469 e. The molecule has 2 aliphatic rings. The molecule has 5 atom stereocenters. The van der Waals surface area contributed by atoms with Gasteiger partial charge in [-0.25, -0.2) is 0 Å². The Bertz CT molecular complexity index is 581. The average molecular weight is 344 g/mol. The number of hydrogen-bond acceptors (Lipinski definition) is 4. The maximum Gasteiger partial charge on any atom is 0.310 e. The summed E-state index contributed by atoms with van der Waals surface area (Å²) in [6.45, 7) is 0. The maximum absolute atomic E-state index is 12.3. The molecule has 2 aliphatic heterocycles. The Morgan fingerprint density at radius 1 is 1.18 bits per heavy atom. The average Bonchev–Trinajstić information content (AvgIpc) is 2.85. The van der Waals surface area contributed by atoms with Gasteiger partial charge in [0.1, 0.15) is 0 Å². The normalized spacial score (nSPS) is 33.7. The van der Waals surface area contributed by atoms with Gasteiger partial charge in [0.05, 0.1) is 29.2 Å². The van der Waals surface area contributed by atoms with E-state index >= 15 is 0 Å². The van der Waals surface area contributed by atoms with Crippen molar-refractivity contribution in [1.82, 2.24) is 5.32 Å². The minimum absolute atomic E-state index is 0.0543. The molecule has 1 aromatic rings. The van der Waals surface area contributed by atoms with Gasteiger partial charge in [-0.3, -0.25) is 4.79 Å². The minimum atomic E-state index is -0.237. The molecule has 0 spiro atoms. The lowest BCUT2D eigenvalue weighted by Crippen LogP contribution is -2.49. The molecule has 2 fully saturated rings. The first-order valence-corrected chi connectivity index (χ1v) is 8.12. The molecule has 0 saturated carbocycles. The molecule has 1 aromatic carbocycles. The van der Waals surface area contributed by atoms with Gasteiger partial charge in [-0.2, -0.15) is 0 Å². The van der Waals surface area contributed by atoms with Crippen molar-refractivity contribution in [3.63, 3.8) is 0 Å². The standard InChI is InChI=1S/C16H19Cl2NO3/c1-21-14-7-13-15(16(20)22-2)9(6-12(14)19-13)8-3-4-10(17)11(18)5-8/h3-5,9,12-15,19H,6-7H2,1-2H3/t9-,12?,13?,14?,15-/m0/s1. The molecule has 2 heterocycles. The fraction of sp³-hybridized carbons (Fsp3) is 0.562. The number of halogens is 2. The summed E-state index contributed by atoms with van der Waals surface area (Å²) in [6, 6.07) is 5.90. The number of carbonyl (C=O) groups is 1. The SMILES string of the molecule is COC(=O)[C@@H]1C2CC(OC)C(C[C@H]1c1ccc(Cl)c(Cl)c1)N2. The summed E-state index contributed by atoms with van der Waals surface area (Å²) < 4.78 is 10.6. The zero-order chi connectivity index (χ0) is 15.9. The first-order valence-electron chi connectivity index (χ1n) is 7.36. The number of rotatable bonds is 3. The smallest absolute Gasteiger partial charge is 0.310 e. The highest BCUT2D eigenvalue weighted by atomic mass is 35.5. The molecule has 1 N–H and O–H groups in total. The van der Waals surface area contributed by atoms with Crippen LogP contribution in [0.15, 0.2) is 18.2 Å². The van der Waals surface area contributed by atoms with Crippen LogP contribution in [0, 0.1) is 5.92 Å². The summed E-state index contributed by atoms with van der Waals surface area (Å²) in [5.41, 5.74) is 1.03. The van der Waals surface area contributed by atoms with E-state index in [0.29, 0.717) is 10.0 Å². The van der Waals surface area contributed by atoms with Gasteiger partial charge in [0.25, 0.3) is 0 Å². The van der Waals surface area contributed by atoms with Crippen LogP contribution in [-0.2, 0) is 14.3 Å². The summed E-state index contributed by atoms with van der Waals surface area (Å²) in [7, 11) is 3.15. The van der Waals surface area contributed by atoms with Crippen LogP contribution < -0.4 is 5.32 Å². The molecule has 6 heteroatoms. The van der Waals surface area contributed by atoms with Crippen LogP contribution in [0.4, 0.5) is 0 Å². The Morgan fingerprint density at radius 2 is 1.95 bits per heavy atom. The molecule has 120 valence electrons. The number of methoxy groups -OCH3 is 2. The van der Waals surface area contributed by atoms with E-state index < -0.39 is 0 Å². The number of carbonyl (C=O) groups excluding carboxylic acids is 1. The van der Waals surface area contributed by atoms with Gasteiger partial charge in [0.15, 0.2) is 0 Å². The van der Waals surface area contributed by atoms with Crippen LogP contribution in [0.2, 0.25) is 10.0 Å². The molecule has 0 aromatic heterocycles. The summed E-state index contributed by atoms with van der Waals surface area (Å²) in [4.78, 5) is 12.3. The number of esters is 1. The molecule has 0 amide bonds. The van der Waals surface area contributed by atoms with Crippen molar-refractivity contribution in [2.45, 2.75) is 36.9 Å². The lowest BCUT2D eigenvalue weighted by atomic mass is 9.77. The predicted octanol–water partition coefficient (Wildman–Crippen LogP) is 3.02. The van der Waals surface area contributed by atoms with Crippen molar-refractivity contribution >= 4 is 29.2 Å². The van der Waals surface area contributed by atoms with Gasteiger partial charge < -0.3 is 14.8 Å². The van der Waals surface area contributed by atoms with Crippen LogP contribution in [0.25, 0.3) is 0 Å². The highest BCUT2D eigenvalue weighted by Crippen LogP contribution is 2.44. The fourth-order valence-corrected chi connectivity index (χ4v) is 4.15. The van der Waals surface area contributed by atoms with E-state index in [2.05, 4.69) is 5.32 Å². The highest BCUT2D eigenvalue weighted by Gasteiger charge is 2.50. The first-order chi connectivity index (χ1) is 10.5. The van der Waals surface area contributed by atoms with E-state index in [0.717, 1.165) is 18.4 Å². The molecule has 0 aliphatic carbocycles. The second-order valence-corrected chi connectivity index (χ2v) is 6.77. The van der Waals surface area contributed by atoms with Crippen LogP contribution >= 0.6 is 23.2 Å². The van der Waals surface area contributed by atoms with Gasteiger partial charge in [0, 0.05) is 25.1 Å². The van der Waals surface area contributed by atoms with Crippen LogP contribution in [0.5, 0.6) is 0 Å². The number of nitrogens with one attached hydrogen (secondary N) is 1. The number of ether oxygens (including phenoxy) is 2. The predicted molar refractivity (Wildman–Crippen MR) is 85.5 cm³/mol. The van der Waals surface area contributed by atoms with Crippen LogP contribution in [-0.4, -0.2) is 38.4 Å². The zero-order valence-electron chi connectivity index (χ0n) is 12.5. The zero-order valence-corrected chi connectivity index (χ0v) is 14.0. The van der Waals surface area contributed by atoms with Gasteiger partial charge in [0.2, 0.25) is 0 Å². The molecule has 0 radical (unpaired) electrons. The number of piperidine rings is 1. The molecule has 4 nitrogen and oxygen atoms in total. The Labute approximate surface area is 140 Å². The topological polar surface area (TPSA) is 47.6 Å². The van der Waals surface area contributed by atoms with Crippen molar-refractivity contribution < 1.29 is 14.3 Å². The van der Waals surface area contributed by atoms with Crippen molar-refractivity contribution in [1.29, 1.82) is 0 Å². The van der Waals surface area contributed by atoms with Crippen molar-refractivity contribution in [2.75, 3.05) is 14.2 Å². The third kappa shape index (κ3) is 2.73. The maximum atomic E-state index is 12.3. The molecular weight excluding hydrogens is 325 g/mol. The summed E-state index contributed by atoms with van der Waals surface area (Å²) >= 11 is 12.2. The fourth-order valence-electron chi connectivity index (χ4n) is 3.85. The Hall–Kier alpha value is -0.810. The van der Waals surface area contributed by atoms with Gasteiger partial charge in [-0.05, 0) is 30.5 Å². The van der Waals surface area contributed by atoms with Crippen LogP contribution in [0.1, 0.15) is 24.3 Å². The molecule has 3 rings (SSSR count). The molecular formula is C16H19Cl2NO3. The van der Waals surface area contributed by atoms with Crippen LogP contribution in [0.3, 0.4) is 0 Å². The van der Waals surface area contributed by atoms with Gasteiger partial charge >= 0.3 is 5.97 Å². The third-order valence-corrected chi connectivity index (χ3v) is 5.62. The molecule has 3 unspecified atom stereocenters. The lowest BCUT2D eigenvalue weighted by Gasteiger charge is -2.36. The summed E-state index contributed by atoms with van der Waals surface area (Å²) in [6.07, 6.45) is 1.76. The number of fused-ring (bicyclic) bond motifs is 2. The Kier molecular flexibility index (Phi) is 4.64. The number of benzene rings is 1. The van der Waals surface area contributed by atoms with Gasteiger partial charge in [-0.15, -0.1) is 0 Å². The highest BCUT2D eigenvalue weighted by molar-refractivity contribution is 6.42. The van der Waals surface area contributed by atoms with Crippen molar-refractivity contribution in [3.8, 4) is 0 Å². The molecule has 2 bridgehead atoms. The van der Waals surface area contributed by atoms with E-state index in [1.54, 1.807) is 13.2 Å². The van der Waals surface area contributed by atoms with E-state index in [1.165, 1.54) is 7.11 Å². The quantitative estimate of drug-likeness (QED) is 0.857. The van der Waals surface area contributed by atoms with E-state index in [9.17, 15) is 4.79 Å². The van der Waals surface area contributed by atoms with Crippen molar-refractivity contribution in [2.24, 2.45) is 5.92 Å². The van der Waals surface area contributed by atoms with E-state index in [4.69, 9.17) is 32.7 Å². The van der Waals surface area contributed by atoms with E-state index in [1.807, 2.05) is 12.1 Å². The Morgan fingerprint density at radius 3 is 2.59 bits per heavy atom. The summed E-state index contributed by atoms with van der Waals surface area (Å²) in [5.74, 6) is -0.374. The third-order valence-electron chi connectivity index (χ3n) is 4.89. The van der Waals surface area contributed by atoms with Crippen molar-refractivity contribution in [3.05, 3.63) is 33.8 Å².